The molecule has 4 N–H and O–H groups in total. The Kier molecular flexibility index (Phi) is 4.95. The van der Waals surface area contributed by atoms with Gasteiger partial charge in [0.25, 0.3) is 0 Å². The summed E-state index contributed by atoms with van der Waals surface area (Å²) < 4.78 is 0. The molecule has 0 saturated heterocycles. The molecule has 0 aromatic heterocycles. The fraction of sp³-hybridized carbons (Fsp3) is 0.550. The molecule has 1 saturated carbocycles. The van der Waals surface area contributed by atoms with Crippen molar-refractivity contribution in [3.8, 4) is 0 Å². The smallest absolute Gasteiger partial charge is 0.197 e. The van der Waals surface area contributed by atoms with E-state index in [0.717, 1.165) is 11.7 Å². The molecule has 1 aliphatic carbocycles. The topological polar surface area (TPSA) is 62.4 Å². The number of aliphatic imine (C=N–C) groups is 1. The predicted octanol–water partition coefficient (Wildman–Crippen LogP) is 3.83. The van der Waals surface area contributed by atoms with E-state index in [9.17, 15) is 0 Å². The van der Waals surface area contributed by atoms with Crippen LogP contribution in [0.3, 0.4) is 0 Å². The Hall–Kier alpha value is -1.81. The van der Waals surface area contributed by atoms with Crippen molar-refractivity contribution in [1.82, 2.24) is 10.6 Å². The van der Waals surface area contributed by atoms with E-state index < -0.39 is 5.66 Å². The number of nitrogens with one attached hydrogen (secondary N) is 2. The molecule has 1 unspecified atom stereocenters. The normalized spacial score (nSPS) is 28.4. The van der Waals surface area contributed by atoms with Crippen molar-refractivity contribution in [2.24, 2.45) is 16.6 Å². The van der Waals surface area contributed by atoms with Crippen LogP contribution in [0.2, 0.25) is 0 Å². The van der Waals surface area contributed by atoms with E-state index >= 15 is 0 Å². The van der Waals surface area contributed by atoms with Gasteiger partial charge in [-0.2, -0.15) is 0 Å². The van der Waals surface area contributed by atoms with E-state index in [0.29, 0.717) is 5.92 Å². The van der Waals surface area contributed by atoms with E-state index in [1.54, 1.807) is 0 Å². The number of nitrogens with two attached hydrogens (primary N) is 1. The monoisotopic (exact) mass is 326 g/mol. The molecular weight excluding hydrogens is 296 g/mol. The molecule has 24 heavy (non-hydrogen) atoms. The van der Waals surface area contributed by atoms with Crippen LogP contribution in [0.25, 0.3) is 0 Å². The zero-order chi connectivity index (χ0) is 17.2. The van der Waals surface area contributed by atoms with Crippen LogP contribution in [-0.4, -0.2) is 11.6 Å². The first-order valence-electron chi connectivity index (χ1n) is 9.15. The third-order valence-electron chi connectivity index (χ3n) is 5.67. The molecular formula is C20H30N4. The third-order valence-corrected chi connectivity index (χ3v) is 5.67. The lowest BCUT2D eigenvalue weighted by Crippen LogP contribution is -2.67. The highest BCUT2D eigenvalue weighted by molar-refractivity contribution is 5.84. The van der Waals surface area contributed by atoms with E-state index in [1.165, 1.54) is 43.2 Å². The summed E-state index contributed by atoms with van der Waals surface area (Å²) in [6.45, 7) is 6.36. The lowest BCUT2D eigenvalue weighted by atomic mass is 9.76. The molecule has 2 aliphatic rings. The first-order chi connectivity index (χ1) is 11.5. The van der Waals surface area contributed by atoms with Gasteiger partial charge in [0, 0.05) is 5.70 Å². The summed E-state index contributed by atoms with van der Waals surface area (Å²) in [4.78, 5) is 4.86. The largest absolute Gasteiger partial charge is 0.334 e. The summed E-state index contributed by atoms with van der Waals surface area (Å²) >= 11 is 0. The van der Waals surface area contributed by atoms with Gasteiger partial charge in [-0.15, -0.1) is 0 Å². The van der Waals surface area contributed by atoms with Gasteiger partial charge in [0.1, 0.15) is 5.66 Å². The average Bonchev–Trinajstić information content (AvgIpc) is 2.61. The standard InChI is InChI=1S/C20H30N4/c1-14-15(2)22-19(23-16(3)17-10-6-4-7-11-17)24-20(14,21)18-12-8-5-9-13-18/h4,6-7,10-11,16,18H,5,8-9,12-13,21H2,1-3H3,(H2,22,23,24)/t16-,20?/m1/s1. The maximum Gasteiger partial charge on any atom is 0.197 e. The van der Waals surface area contributed by atoms with E-state index in [2.05, 4.69) is 55.7 Å². The number of guanidine groups is 1. The molecule has 1 aromatic rings. The first-order valence-corrected chi connectivity index (χ1v) is 9.15. The minimum atomic E-state index is -0.481. The second kappa shape index (κ2) is 6.98. The summed E-state index contributed by atoms with van der Waals surface area (Å²) in [5.41, 5.74) is 9.94. The average molecular weight is 326 g/mol. The maximum absolute atomic E-state index is 6.88. The number of allylic oxidation sites excluding steroid dienone is 1. The Morgan fingerprint density at radius 1 is 1.12 bits per heavy atom. The summed E-state index contributed by atoms with van der Waals surface area (Å²) in [7, 11) is 0. The van der Waals surface area contributed by atoms with Gasteiger partial charge in [-0.1, -0.05) is 49.6 Å². The Labute approximate surface area is 145 Å². The molecule has 0 spiro atoms. The molecule has 0 amide bonds. The highest BCUT2D eigenvalue weighted by Gasteiger charge is 2.41. The predicted molar refractivity (Wildman–Crippen MR) is 100 cm³/mol. The van der Waals surface area contributed by atoms with Gasteiger partial charge in [-0.25, -0.2) is 4.99 Å². The van der Waals surface area contributed by atoms with Crippen molar-refractivity contribution >= 4 is 5.96 Å². The summed E-state index contributed by atoms with van der Waals surface area (Å²) in [5, 5.41) is 6.94. The molecule has 0 bridgehead atoms. The Bertz CT molecular complexity index is 628. The van der Waals surface area contributed by atoms with Gasteiger partial charge < -0.3 is 16.4 Å². The molecule has 0 radical (unpaired) electrons. The number of nitrogens with zero attached hydrogens (tertiary/aromatic N) is 1. The molecule has 3 rings (SSSR count). The number of hydrogen-bond acceptors (Lipinski definition) is 2. The SMILES string of the molecule is CC1=C(C)C(N)(C2CCCCC2)NC(=N[C@H](C)c2ccccc2)N1. The fourth-order valence-corrected chi connectivity index (χ4v) is 3.93. The van der Waals surface area contributed by atoms with Gasteiger partial charge in [-0.3, -0.25) is 0 Å². The lowest BCUT2D eigenvalue weighted by molar-refractivity contribution is 0.215. The van der Waals surface area contributed by atoms with Gasteiger partial charge in [0.15, 0.2) is 5.96 Å². The van der Waals surface area contributed by atoms with Crippen LogP contribution >= 0.6 is 0 Å². The first kappa shape index (κ1) is 17.0. The highest BCUT2D eigenvalue weighted by atomic mass is 15.3. The van der Waals surface area contributed by atoms with Crippen LogP contribution in [0.4, 0.5) is 0 Å². The van der Waals surface area contributed by atoms with Crippen molar-refractivity contribution < 1.29 is 0 Å². The van der Waals surface area contributed by atoms with Crippen molar-refractivity contribution in [3.05, 3.63) is 47.2 Å². The molecule has 4 nitrogen and oxygen atoms in total. The Morgan fingerprint density at radius 2 is 1.79 bits per heavy atom. The summed E-state index contributed by atoms with van der Waals surface area (Å²) in [6.07, 6.45) is 6.26. The molecule has 1 aromatic carbocycles. The number of rotatable bonds is 3. The molecule has 1 aliphatic heterocycles. The zero-order valence-electron chi connectivity index (χ0n) is 15.1. The molecule has 4 heteroatoms. The van der Waals surface area contributed by atoms with Crippen molar-refractivity contribution in [2.45, 2.75) is 64.6 Å². The van der Waals surface area contributed by atoms with Crippen LogP contribution in [0.15, 0.2) is 46.6 Å². The quantitative estimate of drug-likeness (QED) is 0.791. The third kappa shape index (κ3) is 3.34. The molecule has 1 heterocycles. The minimum Gasteiger partial charge on any atom is -0.334 e. The van der Waals surface area contributed by atoms with E-state index in [-0.39, 0.29) is 6.04 Å². The zero-order valence-corrected chi connectivity index (χ0v) is 15.1. The van der Waals surface area contributed by atoms with Crippen LogP contribution in [0.5, 0.6) is 0 Å². The van der Waals surface area contributed by atoms with Gasteiger partial charge >= 0.3 is 0 Å². The lowest BCUT2D eigenvalue weighted by Gasteiger charge is -2.45. The van der Waals surface area contributed by atoms with Crippen molar-refractivity contribution in [2.75, 3.05) is 0 Å². The molecule has 130 valence electrons. The molecule has 1 fully saturated rings. The summed E-state index contributed by atoms with van der Waals surface area (Å²) in [5.74, 6) is 1.27. The second-order valence-electron chi connectivity index (χ2n) is 7.27. The van der Waals surface area contributed by atoms with Gasteiger partial charge in [0.05, 0.1) is 6.04 Å². The van der Waals surface area contributed by atoms with Crippen LogP contribution in [-0.2, 0) is 0 Å². The number of hydrogen-bond donors (Lipinski definition) is 3. The second-order valence-corrected chi connectivity index (χ2v) is 7.27. The van der Waals surface area contributed by atoms with Crippen LogP contribution in [0, 0.1) is 5.92 Å². The Morgan fingerprint density at radius 3 is 2.46 bits per heavy atom. The van der Waals surface area contributed by atoms with E-state index in [4.69, 9.17) is 10.7 Å². The van der Waals surface area contributed by atoms with Crippen LogP contribution < -0.4 is 16.4 Å². The minimum absolute atomic E-state index is 0.0861. The van der Waals surface area contributed by atoms with Gasteiger partial charge in [-0.05, 0) is 50.7 Å². The van der Waals surface area contributed by atoms with E-state index in [1.807, 2.05) is 6.07 Å². The van der Waals surface area contributed by atoms with Crippen molar-refractivity contribution in [1.29, 1.82) is 0 Å². The highest BCUT2D eigenvalue weighted by Crippen LogP contribution is 2.36. The summed E-state index contributed by atoms with van der Waals surface area (Å²) in [6, 6.07) is 10.5. The van der Waals surface area contributed by atoms with Crippen LogP contribution in [0.1, 0.15) is 64.5 Å². The van der Waals surface area contributed by atoms with Gasteiger partial charge in [0.2, 0.25) is 0 Å². The number of benzene rings is 1. The Balaban J connectivity index is 1.85. The van der Waals surface area contributed by atoms with Crippen molar-refractivity contribution in [3.63, 3.8) is 0 Å². The molecule has 2 atom stereocenters. The maximum atomic E-state index is 6.88. The fourth-order valence-electron chi connectivity index (χ4n) is 3.93.